The van der Waals surface area contributed by atoms with Gasteiger partial charge in [0, 0.05) is 23.7 Å². The van der Waals surface area contributed by atoms with Crippen molar-refractivity contribution in [3.63, 3.8) is 0 Å². The van der Waals surface area contributed by atoms with E-state index in [0.717, 1.165) is 54.0 Å². The van der Waals surface area contributed by atoms with Crippen LogP contribution in [0.1, 0.15) is 69.7 Å². The van der Waals surface area contributed by atoms with Crippen molar-refractivity contribution in [3.8, 4) is 11.5 Å². The number of hydrogen-bond acceptors (Lipinski definition) is 7. The number of alkyl halides is 1. The number of carbonyl (C=O) groups is 1. The number of benzene rings is 3. The molecule has 246 valence electrons. The molecule has 4 N–H and O–H groups in total. The molecule has 0 spiro atoms. The van der Waals surface area contributed by atoms with Crippen LogP contribution in [0.4, 0.5) is 4.39 Å². The van der Waals surface area contributed by atoms with Crippen LogP contribution >= 0.6 is 34.2 Å². The van der Waals surface area contributed by atoms with E-state index >= 15 is 0 Å². The lowest BCUT2D eigenvalue weighted by Gasteiger charge is -2.32. The van der Waals surface area contributed by atoms with E-state index < -0.39 is 17.6 Å². The molecule has 0 aliphatic carbocycles. The molecule has 7 rings (SSSR count). The molecule has 2 aliphatic heterocycles. The first kappa shape index (κ1) is 33.2. The topological polar surface area (TPSA) is 130 Å². The smallest absolute Gasteiger partial charge is 0.335 e. The molecule has 1 fully saturated rings. The maximum Gasteiger partial charge on any atom is 0.335 e. The quantitative estimate of drug-likeness (QED) is 0.120. The van der Waals surface area contributed by atoms with Crippen molar-refractivity contribution in [2.24, 2.45) is 0 Å². The largest absolute Gasteiger partial charge is 0.478 e. The van der Waals surface area contributed by atoms with E-state index in [-0.39, 0.29) is 21.7 Å². The summed E-state index contributed by atoms with van der Waals surface area (Å²) >= 11 is 8.34. The third kappa shape index (κ3) is 6.31. The van der Waals surface area contributed by atoms with Crippen molar-refractivity contribution < 1.29 is 23.8 Å². The number of fused-ring (bicyclic) bond motifs is 2. The summed E-state index contributed by atoms with van der Waals surface area (Å²) in [5.74, 6) is -0.355. The number of imidazole rings is 2. The Balaban J connectivity index is 0.00000386. The number of nitrogens with zero attached hydrogens (tertiary/aromatic N) is 5. The minimum Gasteiger partial charge on any atom is -0.478 e. The molecule has 47 heavy (non-hydrogen) atoms. The molecular formula is C34H35ClFIN6O4. The van der Waals surface area contributed by atoms with Crippen LogP contribution in [-0.4, -0.2) is 48.2 Å². The molecular weight excluding hydrogens is 738 g/mol. The zero-order chi connectivity index (χ0) is 32.2. The first-order valence-electron chi connectivity index (χ1n) is 15.2. The Hall–Kier alpha value is -3.72. The highest BCUT2D eigenvalue weighted by Crippen LogP contribution is 2.50. The van der Waals surface area contributed by atoms with E-state index in [4.69, 9.17) is 26.1 Å². The van der Waals surface area contributed by atoms with Crippen LogP contribution in [0.3, 0.4) is 0 Å². The number of rotatable bonds is 8. The van der Waals surface area contributed by atoms with Crippen LogP contribution in [0.5, 0.6) is 11.5 Å². The van der Waals surface area contributed by atoms with Gasteiger partial charge in [0.05, 0.1) is 51.3 Å². The number of carboxylic acid groups (broad SMARTS) is 1. The van der Waals surface area contributed by atoms with Crippen LogP contribution in [0.2, 0.25) is 5.02 Å². The fourth-order valence-electron chi connectivity index (χ4n) is 6.58. The summed E-state index contributed by atoms with van der Waals surface area (Å²) in [5, 5.41) is 9.99. The van der Waals surface area contributed by atoms with E-state index in [1.54, 1.807) is 37.3 Å². The van der Waals surface area contributed by atoms with Gasteiger partial charge in [-0.3, -0.25) is 4.90 Å². The minimum absolute atomic E-state index is 0. The Bertz CT molecular complexity index is 1960. The molecule has 0 bridgehead atoms. The third-order valence-electron chi connectivity index (χ3n) is 8.95. The van der Waals surface area contributed by atoms with Crippen molar-refractivity contribution in [1.82, 2.24) is 30.2 Å². The lowest BCUT2D eigenvalue weighted by Crippen LogP contribution is -2.34. The Morgan fingerprint density at radius 3 is 2.66 bits per heavy atom. The van der Waals surface area contributed by atoms with Gasteiger partial charge in [-0.1, -0.05) is 46.3 Å². The number of carboxylic acids is 1. The second-order valence-electron chi connectivity index (χ2n) is 12.0. The maximum atomic E-state index is 14.9. The van der Waals surface area contributed by atoms with E-state index in [1.807, 2.05) is 24.7 Å². The predicted molar refractivity (Wildman–Crippen MR) is 185 cm³/mol. The van der Waals surface area contributed by atoms with E-state index in [9.17, 15) is 14.3 Å². The van der Waals surface area contributed by atoms with Crippen LogP contribution in [-0.2, 0) is 18.9 Å². The molecule has 0 amide bonds. The number of piperidine rings is 1. The maximum absolute atomic E-state index is 14.9. The fourth-order valence-corrected chi connectivity index (χ4v) is 7.24. The van der Waals surface area contributed by atoms with Gasteiger partial charge < -0.3 is 29.9 Å². The van der Waals surface area contributed by atoms with Crippen molar-refractivity contribution in [2.75, 3.05) is 13.1 Å². The van der Waals surface area contributed by atoms with Crippen LogP contribution in [0.25, 0.3) is 11.0 Å². The lowest BCUT2D eigenvalue weighted by atomic mass is 9.88. The van der Waals surface area contributed by atoms with Crippen LogP contribution in [0, 0.1) is 5.82 Å². The average Bonchev–Trinajstić information content (AvgIpc) is 3.73. The molecule has 4 heterocycles. The molecule has 2 aliphatic rings. The number of halogens is 3. The Kier molecular flexibility index (Phi) is 9.22. The van der Waals surface area contributed by atoms with Gasteiger partial charge in [-0.15, -0.1) is 0 Å². The van der Waals surface area contributed by atoms with Gasteiger partial charge in [0.2, 0.25) is 0 Å². The summed E-state index contributed by atoms with van der Waals surface area (Å²) in [5.41, 5.74) is 4.16. The summed E-state index contributed by atoms with van der Waals surface area (Å²) in [4.78, 5) is 23.5. The second-order valence-corrected chi connectivity index (χ2v) is 14.2. The van der Waals surface area contributed by atoms with Crippen LogP contribution < -0.4 is 15.6 Å². The van der Waals surface area contributed by atoms with Crippen LogP contribution in [0.15, 0.2) is 67.1 Å². The highest BCUT2D eigenvalue weighted by molar-refractivity contribution is 14.1. The normalized spacial score (nSPS) is 18.7. The molecule has 10 nitrogen and oxygen atoms in total. The predicted octanol–water partition coefficient (Wildman–Crippen LogP) is 7.91. The first-order chi connectivity index (χ1) is 22.1. The first-order valence-corrected chi connectivity index (χ1v) is 16.8. The fraction of sp³-hybridized carbons (Fsp3) is 0.324. The van der Waals surface area contributed by atoms with Crippen molar-refractivity contribution in [2.45, 2.75) is 55.5 Å². The van der Waals surface area contributed by atoms with Gasteiger partial charge >= 0.3 is 5.97 Å². The number of likely N-dealkylation sites (tertiary alicyclic amines) is 1. The van der Waals surface area contributed by atoms with Gasteiger partial charge in [0.1, 0.15) is 11.6 Å². The standard InChI is InChI=1S/C34H32ClFIN5O4.H3N/c1-20(37)42-19-38-16-24(42)17-41-29-14-22(33(43)44)6-9-28(29)39-31(41)18-40-12-10-21(11-13-40)25-4-3-5-30-32(25)46-34(2,45-30)26-8-7-23(35)15-27(26)36;/h3-9,14-16,19-21H,10-13,17-18H2,1-2H3,(H,43,44);1H3. The van der Waals surface area contributed by atoms with Gasteiger partial charge in [-0.05, 0) is 81.2 Å². The van der Waals surface area contributed by atoms with Gasteiger partial charge in [0.15, 0.2) is 11.5 Å². The molecule has 3 aromatic carbocycles. The second kappa shape index (κ2) is 13.1. The summed E-state index contributed by atoms with van der Waals surface area (Å²) in [6, 6.07) is 15.5. The van der Waals surface area contributed by atoms with E-state index in [0.29, 0.717) is 35.2 Å². The van der Waals surface area contributed by atoms with Gasteiger partial charge in [0.25, 0.3) is 5.79 Å². The number of aromatic carboxylic acids is 1. The highest BCUT2D eigenvalue weighted by atomic mass is 127. The van der Waals surface area contributed by atoms with Gasteiger partial charge in [-0.25, -0.2) is 19.2 Å². The summed E-state index contributed by atoms with van der Waals surface area (Å²) in [7, 11) is 0. The minimum atomic E-state index is -1.29. The van der Waals surface area contributed by atoms with E-state index in [1.165, 1.54) is 6.07 Å². The van der Waals surface area contributed by atoms with Gasteiger partial charge in [-0.2, -0.15) is 0 Å². The summed E-state index contributed by atoms with van der Waals surface area (Å²) in [6.45, 7) is 6.65. The molecule has 0 saturated carbocycles. The Morgan fingerprint density at radius 1 is 1.15 bits per heavy atom. The summed E-state index contributed by atoms with van der Waals surface area (Å²) < 4.78 is 31.9. The zero-order valence-corrected chi connectivity index (χ0v) is 28.9. The molecule has 2 unspecified atom stereocenters. The van der Waals surface area contributed by atoms with Crippen molar-refractivity contribution in [1.29, 1.82) is 0 Å². The molecule has 5 aromatic rings. The van der Waals surface area contributed by atoms with E-state index in [2.05, 4.69) is 54.6 Å². The van der Waals surface area contributed by atoms with Crippen molar-refractivity contribution in [3.05, 3.63) is 106 Å². The number of para-hydroxylation sites is 1. The van der Waals surface area contributed by atoms with Crippen molar-refractivity contribution >= 4 is 51.2 Å². The highest BCUT2D eigenvalue weighted by Gasteiger charge is 2.43. The number of ether oxygens (including phenoxy) is 2. The zero-order valence-electron chi connectivity index (χ0n) is 26.0. The molecule has 2 aromatic heterocycles. The molecule has 1 saturated heterocycles. The molecule has 13 heteroatoms. The number of hydrogen-bond donors (Lipinski definition) is 2. The monoisotopic (exact) mass is 772 g/mol. The summed E-state index contributed by atoms with van der Waals surface area (Å²) in [6.07, 6.45) is 5.47. The molecule has 2 atom stereocenters. The Morgan fingerprint density at radius 2 is 1.94 bits per heavy atom. The number of aromatic nitrogens is 4. The lowest BCUT2D eigenvalue weighted by molar-refractivity contribution is -0.0712. The molecule has 0 radical (unpaired) electrons. The third-order valence-corrected chi connectivity index (χ3v) is 9.78. The Labute approximate surface area is 290 Å². The average molecular weight is 773 g/mol. The SMILES string of the molecule is CC(I)n1cncc1Cn1c(CN2CCC(c3cccc4c3OC(C)(c3ccc(Cl)cc3F)O4)CC2)nc2ccc(C(=O)O)cc21.N.